The van der Waals surface area contributed by atoms with E-state index in [1.54, 1.807) is 4.90 Å². The Labute approximate surface area is 178 Å². The van der Waals surface area contributed by atoms with Crippen LogP contribution in [0.2, 0.25) is 5.02 Å². The van der Waals surface area contributed by atoms with Crippen LogP contribution in [-0.4, -0.2) is 50.2 Å². The van der Waals surface area contributed by atoms with Crippen LogP contribution in [0.5, 0.6) is 5.75 Å². The zero-order valence-electron chi connectivity index (χ0n) is 15.4. The van der Waals surface area contributed by atoms with Gasteiger partial charge in [0.05, 0.1) is 15.5 Å². The van der Waals surface area contributed by atoms with Gasteiger partial charge < -0.3 is 9.64 Å². The highest BCUT2D eigenvalue weighted by Crippen LogP contribution is 2.34. The lowest BCUT2D eigenvalue weighted by atomic mass is 10.2. The van der Waals surface area contributed by atoms with Crippen molar-refractivity contribution in [2.45, 2.75) is 17.4 Å². The molecule has 0 radical (unpaired) electrons. The summed E-state index contributed by atoms with van der Waals surface area (Å²) in [6, 6.07) is 4.52. The fraction of sp³-hybridized carbons (Fsp3) is 0.353. The molecule has 1 aliphatic heterocycles. The predicted octanol–water partition coefficient (Wildman–Crippen LogP) is 4.16. The summed E-state index contributed by atoms with van der Waals surface area (Å²) in [4.78, 5) is 5.08. The number of piperazine rings is 1. The molecule has 2 heterocycles. The van der Waals surface area contributed by atoms with Gasteiger partial charge in [0.1, 0.15) is 11.6 Å². The van der Waals surface area contributed by atoms with Gasteiger partial charge in [-0.1, -0.05) is 11.6 Å². The number of hydrogen-bond acceptors (Lipinski definition) is 5. The largest absolute Gasteiger partial charge is 0.573 e. The van der Waals surface area contributed by atoms with Gasteiger partial charge >= 0.3 is 12.5 Å². The van der Waals surface area contributed by atoms with Crippen LogP contribution in [0.15, 0.2) is 41.4 Å². The van der Waals surface area contributed by atoms with E-state index in [4.69, 9.17) is 11.6 Å². The molecular formula is C17H14ClF6N3O3S. The Morgan fingerprint density at radius 3 is 2.03 bits per heavy atom. The number of halogens is 7. The molecule has 0 aliphatic carbocycles. The van der Waals surface area contributed by atoms with Crippen molar-refractivity contribution < 1.29 is 39.5 Å². The minimum absolute atomic E-state index is 0.0256. The van der Waals surface area contributed by atoms with Crippen molar-refractivity contribution in [3.63, 3.8) is 0 Å². The predicted molar refractivity (Wildman–Crippen MR) is 98.3 cm³/mol. The van der Waals surface area contributed by atoms with Crippen LogP contribution >= 0.6 is 11.6 Å². The first-order chi connectivity index (χ1) is 14.3. The van der Waals surface area contributed by atoms with Gasteiger partial charge in [0.2, 0.25) is 10.0 Å². The van der Waals surface area contributed by atoms with Gasteiger partial charge in [-0.05, 0) is 30.3 Å². The highest BCUT2D eigenvalue weighted by atomic mass is 35.5. The summed E-state index contributed by atoms with van der Waals surface area (Å²) in [5.41, 5.74) is -1.000. The van der Waals surface area contributed by atoms with Gasteiger partial charge in [-0.2, -0.15) is 17.5 Å². The lowest BCUT2D eigenvalue weighted by Crippen LogP contribution is -2.49. The summed E-state index contributed by atoms with van der Waals surface area (Å²) in [6.45, 7) is 0.156. The Balaban J connectivity index is 1.69. The first kappa shape index (κ1) is 23.4. The molecule has 0 spiro atoms. The molecule has 0 unspecified atom stereocenters. The van der Waals surface area contributed by atoms with Crippen molar-refractivity contribution in [3.8, 4) is 5.75 Å². The Morgan fingerprint density at radius 1 is 0.968 bits per heavy atom. The Bertz CT molecular complexity index is 1040. The highest BCUT2D eigenvalue weighted by molar-refractivity contribution is 7.89. The molecule has 1 aliphatic rings. The summed E-state index contributed by atoms with van der Waals surface area (Å²) < 4.78 is 105. The van der Waals surface area contributed by atoms with Crippen molar-refractivity contribution in [1.29, 1.82) is 0 Å². The van der Waals surface area contributed by atoms with Crippen molar-refractivity contribution >= 4 is 27.4 Å². The smallest absolute Gasteiger partial charge is 0.406 e. The Hall–Kier alpha value is -2.25. The third-order valence-electron chi connectivity index (χ3n) is 4.38. The van der Waals surface area contributed by atoms with E-state index in [0.717, 1.165) is 34.6 Å². The van der Waals surface area contributed by atoms with Gasteiger partial charge in [-0.3, -0.25) is 0 Å². The van der Waals surface area contributed by atoms with E-state index in [-0.39, 0.29) is 41.9 Å². The number of alkyl halides is 6. The molecule has 2 aromatic rings. The summed E-state index contributed by atoms with van der Waals surface area (Å²) >= 11 is 5.92. The first-order valence-corrected chi connectivity index (χ1v) is 10.4. The van der Waals surface area contributed by atoms with Crippen LogP contribution in [0, 0.1) is 0 Å². The summed E-state index contributed by atoms with van der Waals surface area (Å²) in [5, 5.41) is -0.216. The number of pyridine rings is 1. The molecule has 170 valence electrons. The van der Waals surface area contributed by atoms with Crippen molar-refractivity contribution in [1.82, 2.24) is 9.29 Å². The van der Waals surface area contributed by atoms with Gasteiger partial charge in [0.15, 0.2) is 0 Å². The quantitative estimate of drug-likeness (QED) is 0.603. The molecule has 31 heavy (non-hydrogen) atoms. The lowest BCUT2D eigenvalue weighted by molar-refractivity contribution is -0.274. The van der Waals surface area contributed by atoms with Crippen LogP contribution in [-0.2, 0) is 16.2 Å². The molecule has 6 nitrogen and oxygen atoms in total. The molecule has 1 saturated heterocycles. The molecule has 0 N–H and O–H groups in total. The van der Waals surface area contributed by atoms with Crippen LogP contribution in [0.3, 0.4) is 0 Å². The second-order valence-electron chi connectivity index (χ2n) is 6.44. The Morgan fingerprint density at radius 2 is 1.55 bits per heavy atom. The molecule has 1 fully saturated rings. The lowest BCUT2D eigenvalue weighted by Gasteiger charge is -2.35. The molecule has 1 aromatic heterocycles. The third-order valence-corrected chi connectivity index (χ3v) is 6.57. The zero-order chi connectivity index (χ0) is 23.0. The number of sulfonamides is 1. The maximum atomic E-state index is 12.7. The fourth-order valence-corrected chi connectivity index (χ4v) is 4.63. The maximum Gasteiger partial charge on any atom is 0.573 e. The van der Waals surface area contributed by atoms with Gasteiger partial charge in [-0.15, -0.1) is 13.2 Å². The number of hydrogen-bond donors (Lipinski definition) is 0. The van der Waals surface area contributed by atoms with Crippen LogP contribution in [0.25, 0.3) is 0 Å². The third kappa shape index (κ3) is 5.52. The van der Waals surface area contributed by atoms with Crippen molar-refractivity contribution in [2.24, 2.45) is 0 Å². The maximum absolute atomic E-state index is 12.7. The van der Waals surface area contributed by atoms with E-state index in [1.165, 1.54) is 0 Å². The number of rotatable bonds is 4. The molecule has 0 amide bonds. The first-order valence-electron chi connectivity index (χ1n) is 8.61. The second kappa shape index (κ2) is 8.36. The number of anilines is 1. The molecule has 0 bridgehead atoms. The molecular weight excluding hydrogens is 476 g/mol. The van der Waals surface area contributed by atoms with Gasteiger partial charge in [0.25, 0.3) is 0 Å². The SMILES string of the molecule is O=S(=O)(c1ccc(OC(F)(F)F)cc1)N1CCN(c2ncc(C(F)(F)F)cc2Cl)CC1. The van der Waals surface area contributed by atoms with E-state index in [2.05, 4.69) is 9.72 Å². The number of benzene rings is 1. The van der Waals surface area contributed by atoms with Gasteiger partial charge in [0, 0.05) is 32.4 Å². The standard InChI is InChI=1S/C17H14ClF6N3O3S/c18-14-9-11(16(19,20)21)10-25-15(14)26-5-7-27(8-6-26)31(28,29)13-3-1-12(2-4-13)30-17(22,23)24/h1-4,9-10H,5-8H2. The van der Waals surface area contributed by atoms with E-state index in [1.807, 2.05) is 0 Å². The van der Waals surface area contributed by atoms with E-state index >= 15 is 0 Å². The van der Waals surface area contributed by atoms with E-state index in [0.29, 0.717) is 6.20 Å². The monoisotopic (exact) mass is 489 g/mol. The molecule has 0 saturated carbocycles. The summed E-state index contributed by atoms with van der Waals surface area (Å²) in [5.74, 6) is -0.459. The fourth-order valence-electron chi connectivity index (χ4n) is 2.92. The number of ether oxygens (including phenoxy) is 1. The van der Waals surface area contributed by atoms with Gasteiger partial charge in [-0.25, -0.2) is 13.4 Å². The second-order valence-corrected chi connectivity index (χ2v) is 8.78. The van der Waals surface area contributed by atoms with E-state index < -0.39 is 33.9 Å². The normalized spacial score (nSPS) is 16.4. The average Bonchev–Trinajstić information content (AvgIpc) is 2.66. The van der Waals surface area contributed by atoms with Crippen LogP contribution in [0.1, 0.15) is 5.56 Å². The molecule has 3 rings (SSSR count). The summed E-state index contributed by atoms with van der Waals surface area (Å²) in [6.07, 6.45) is -8.85. The topological polar surface area (TPSA) is 62.7 Å². The summed E-state index contributed by atoms with van der Waals surface area (Å²) in [7, 11) is -4.00. The zero-order valence-corrected chi connectivity index (χ0v) is 17.0. The molecule has 14 heteroatoms. The highest BCUT2D eigenvalue weighted by Gasteiger charge is 2.34. The average molecular weight is 490 g/mol. The number of aromatic nitrogens is 1. The minimum atomic E-state index is -4.90. The molecule has 1 aromatic carbocycles. The Kier molecular flexibility index (Phi) is 6.31. The minimum Gasteiger partial charge on any atom is -0.406 e. The van der Waals surface area contributed by atoms with Crippen molar-refractivity contribution in [3.05, 3.63) is 47.1 Å². The van der Waals surface area contributed by atoms with Crippen molar-refractivity contribution in [2.75, 3.05) is 31.1 Å². The van der Waals surface area contributed by atoms with Crippen LogP contribution < -0.4 is 9.64 Å². The molecule has 0 atom stereocenters. The number of nitrogens with zero attached hydrogens (tertiary/aromatic N) is 3. The van der Waals surface area contributed by atoms with Crippen LogP contribution in [0.4, 0.5) is 32.2 Å². The van der Waals surface area contributed by atoms with E-state index in [9.17, 15) is 34.8 Å².